The Labute approximate surface area is 181 Å². The molecule has 1 saturated heterocycles. The highest BCUT2D eigenvalue weighted by molar-refractivity contribution is 6.30. The van der Waals surface area contributed by atoms with Crippen LogP contribution in [-0.4, -0.2) is 64.7 Å². The maximum Gasteiger partial charge on any atom is 0.303 e. The molecular weight excluding hydrogens is 436 g/mol. The van der Waals surface area contributed by atoms with Crippen LogP contribution in [-0.2, 0) is 38.2 Å². The van der Waals surface area contributed by atoms with Crippen molar-refractivity contribution in [3.63, 3.8) is 0 Å². The van der Waals surface area contributed by atoms with E-state index in [0.29, 0.717) is 16.7 Å². The zero-order chi connectivity index (χ0) is 22.7. The van der Waals surface area contributed by atoms with Crippen molar-refractivity contribution in [1.29, 1.82) is 0 Å². The van der Waals surface area contributed by atoms with Crippen molar-refractivity contribution >= 4 is 46.2 Å². The summed E-state index contributed by atoms with van der Waals surface area (Å²) in [5.74, 6) is -1.81. The standard InChI is InChI=1S/C18H21ClN4O8/c1-8(24)28-7-13-15(29-9(2)25)16(30-10(3)26)18(31-13)23-17-11(6-20-23)12(22-27-4)5-14(19)21-17/h5-6,13,15-16,18H,7H2,1-4H3,(H,21,22)/t13-,15-,16-,18-/m1/s1. The van der Waals surface area contributed by atoms with E-state index < -0.39 is 42.4 Å². The lowest BCUT2D eigenvalue weighted by Gasteiger charge is -2.23. The van der Waals surface area contributed by atoms with Crippen LogP contribution in [0, 0.1) is 0 Å². The number of nitrogens with zero attached hydrogens (tertiary/aromatic N) is 3. The van der Waals surface area contributed by atoms with Crippen molar-refractivity contribution in [3.05, 3.63) is 17.4 Å². The normalized spacial score (nSPS) is 22.9. The molecule has 168 valence electrons. The molecule has 0 radical (unpaired) electrons. The topological polar surface area (TPSA) is 140 Å². The number of hydrogen-bond donors (Lipinski definition) is 1. The van der Waals surface area contributed by atoms with Crippen LogP contribution < -0.4 is 5.48 Å². The zero-order valence-electron chi connectivity index (χ0n) is 17.2. The molecule has 3 rings (SSSR count). The van der Waals surface area contributed by atoms with Gasteiger partial charge in [-0.25, -0.2) is 9.67 Å². The molecule has 0 aliphatic carbocycles. The van der Waals surface area contributed by atoms with Gasteiger partial charge in [0.25, 0.3) is 0 Å². The third-order valence-electron chi connectivity index (χ3n) is 4.33. The van der Waals surface area contributed by atoms with Gasteiger partial charge in [0, 0.05) is 26.8 Å². The lowest BCUT2D eigenvalue weighted by atomic mass is 10.1. The largest absolute Gasteiger partial charge is 0.463 e. The lowest BCUT2D eigenvalue weighted by molar-refractivity contribution is -0.166. The summed E-state index contributed by atoms with van der Waals surface area (Å²) in [7, 11) is 1.44. The highest BCUT2D eigenvalue weighted by Crippen LogP contribution is 2.37. The number of esters is 3. The summed E-state index contributed by atoms with van der Waals surface area (Å²) >= 11 is 6.13. The molecule has 0 unspecified atom stereocenters. The second-order valence-electron chi connectivity index (χ2n) is 6.64. The average molecular weight is 457 g/mol. The quantitative estimate of drug-likeness (QED) is 0.279. The zero-order valence-corrected chi connectivity index (χ0v) is 17.9. The second kappa shape index (κ2) is 9.45. The second-order valence-corrected chi connectivity index (χ2v) is 7.03. The molecule has 2 aromatic heterocycles. The number of ether oxygens (including phenoxy) is 4. The molecule has 3 heterocycles. The Morgan fingerprint density at radius 1 is 1.16 bits per heavy atom. The van der Waals surface area contributed by atoms with Gasteiger partial charge in [-0.1, -0.05) is 11.6 Å². The third-order valence-corrected chi connectivity index (χ3v) is 4.52. The van der Waals surface area contributed by atoms with E-state index in [1.807, 2.05) is 0 Å². The van der Waals surface area contributed by atoms with Gasteiger partial charge in [-0.15, -0.1) is 0 Å². The molecule has 0 bridgehead atoms. The minimum atomic E-state index is -1.09. The smallest absolute Gasteiger partial charge is 0.303 e. The first-order valence-electron chi connectivity index (χ1n) is 9.17. The molecule has 1 N–H and O–H groups in total. The van der Waals surface area contributed by atoms with Crippen molar-refractivity contribution in [1.82, 2.24) is 14.8 Å². The summed E-state index contributed by atoms with van der Waals surface area (Å²) in [4.78, 5) is 44.0. The number of anilines is 1. The van der Waals surface area contributed by atoms with Gasteiger partial charge in [-0.2, -0.15) is 5.10 Å². The van der Waals surface area contributed by atoms with Gasteiger partial charge in [-0.05, 0) is 0 Å². The fraction of sp³-hybridized carbons (Fsp3) is 0.500. The number of rotatable bonds is 7. The summed E-state index contributed by atoms with van der Waals surface area (Å²) in [6.45, 7) is 3.41. The van der Waals surface area contributed by atoms with Gasteiger partial charge in [-0.3, -0.25) is 24.7 Å². The predicted octanol–water partition coefficient (Wildman–Crippen LogP) is 1.38. The maximum absolute atomic E-state index is 11.8. The van der Waals surface area contributed by atoms with E-state index in [9.17, 15) is 14.4 Å². The van der Waals surface area contributed by atoms with Crippen LogP contribution in [0.25, 0.3) is 11.0 Å². The van der Waals surface area contributed by atoms with Crippen molar-refractivity contribution in [2.45, 2.75) is 45.3 Å². The highest BCUT2D eigenvalue weighted by atomic mass is 35.5. The highest BCUT2D eigenvalue weighted by Gasteiger charge is 2.51. The Morgan fingerprint density at radius 2 is 1.84 bits per heavy atom. The van der Waals surface area contributed by atoms with E-state index >= 15 is 0 Å². The summed E-state index contributed by atoms with van der Waals surface area (Å²) < 4.78 is 23.1. The van der Waals surface area contributed by atoms with Gasteiger partial charge in [0.1, 0.15) is 17.9 Å². The molecule has 1 aliphatic rings. The average Bonchev–Trinajstić information content (AvgIpc) is 3.21. The van der Waals surface area contributed by atoms with Crippen LogP contribution in [0.2, 0.25) is 5.15 Å². The minimum absolute atomic E-state index is 0.142. The molecule has 0 spiro atoms. The summed E-state index contributed by atoms with van der Waals surface area (Å²) in [5.41, 5.74) is 3.48. The number of fused-ring (bicyclic) bond motifs is 1. The van der Waals surface area contributed by atoms with Crippen molar-refractivity contribution in [2.24, 2.45) is 0 Å². The molecule has 1 aliphatic heterocycles. The van der Waals surface area contributed by atoms with Crippen LogP contribution in [0.15, 0.2) is 12.3 Å². The minimum Gasteiger partial charge on any atom is -0.463 e. The molecule has 13 heteroatoms. The van der Waals surface area contributed by atoms with Crippen molar-refractivity contribution in [3.8, 4) is 0 Å². The Morgan fingerprint density at radius 3 is 2.45 bits per heavy atom. The fourth-order valence-corrected chi connectivity index (χ4v) is 3.45. The number of carbonyl (C=O) groups is 3. The SMILES string of the molecule is CONc1cc(Cl)nc2c1cnn2[C@@H]1O[C@H](COC(C)=O)[C@@H](OC(C)=O)[C@H]1OC(C)=O. The molecule has 0 amide bonds. The number of nitrogens with one attached hydrogen (secondary N) is 1. The number of pyridine rings is 1. The number of carbonyl (C=O) groups excluding carboxylic acids is 3. The van der Waals surface area contributed by atoms with Crippen LogP contribution in [0.4, 0.5) is 5.69 Å². The molecule has 0 saturated carbocycles. The van der Waals surface area contributed by atoms with Crippen LogP contribution in [0.1, 0.15) is 27.0 Å². The Kier molecular flexibility index (Phi) is 6.93. The molecule has 12 nitrogen and oxygen atoms in total. The summed E-state index contributed by atoms with van der Waals surface area (Å²) in [5, 5.41) is 4.99. The molecule has 2 aromatic rings. The van der Waals surface area contributed by atoms with E-state index in [-0.39, 0.29) is 11.8 Å². The van der Waals surface area contributed by atoms with E-state index in [2.05, 4.69) is 15.6 Å². The van der Waals surface area contributed by atoms with E-state index in [1.165, 1.54) is 38.8 Å². The van der Waals surface area contributed by atoms with Gasteiger partial charge in [0.15, 0.2) is 24.1 Å². The van der Waals surface area contributed by atoms with E-state index in [4.69, 9.17) is 35.4 Å². The Balaban J connectivity index is 2.05. The Bertz CT molecular complexity index is 996. The molecule has 4 atom stereocenters. The van der Waals surface area contributed by atoms with E-state index in [0.717, 1.165) is 0 Å². The van der Waals surface area contributed by atoms with Crippen molar-refractivity contribution < 1.29 is 38.2 Å². The molecule has 31 heavy (non-hydrogen) atoms. The lowest BCUT2D eigenvalue weighted by Crippen LogP contribution is -2.40. The summed E-state index contributed by atoms with van der Waals surface area (Å²) in [6, 6.07) is 1.55. The maximum atomic E-state index is 11.8. The Hall–Kier alpha value is -2.96. The number of aromatic nitrogens is 3. The number of halogens is 1. The first-order chi connectivity index (χ1) is 14.7. The van der Waals surface area contributed by atoms with Gasteiger partial charge < -0.3 is 18.9 Å². The van der Waals surface area contributed by atoms with Crippen LogP contribution >= 0.6 is 11.6 Å². The van der Waals surface area contributed by atoms with Crippen LogP contribution in [0.3, 0.4) is 0 Å². The van der Waals surface area contributed by atoms with Gasteiger partial charge >= 0.3 is 17.9 Å². The van der Waals surface area contributed by atoms with Gasteiger partial charge in [0.2, 0.25) is 0 Å². The van der Waals surface area contributed by atoms with Crippen LogP contribution in [0.5, 0.6) is 0 Å². The van der Waals surface area contributed by atoms with E-state index in [1.54, 1.807) is 6.07 Å². The summed E-state index contributed by atoms with van der Waals surface area (Å²) in [6.07, 6.45) is -2.62. The monoisotopic (exact) mass is 456 g/mol. The molecule has 1 fully saturated rings. The van der Waals surface area contributed by atoms with Crippen molar-refractivity contribution in [2.75, 3.05) is 19.2 Å². The number of hydrogen-bond acceptors (Lipinski definition) is 11. The molecular formula is C18H21ClN4O8. The fourth-order valence-electron chi connectivity index (χ4n) is 3.26. The van der Waals surface area contributed by atoms with Gasteiger partial charge in [0.05, 0.1) is 24.4 Å². The first kappa shape index (κ1) is 22.7. The first-order valence-corrected chi connectivity index (χ1v) is 9.55. The third kappa shape index (κ3) is 5.03. The molecule has 0 aromatic carbocycles. The predicted molar refractivity (Wildman–Crippen MR) is 105 cm³/mol.